The van der Waals surface area contributed by atoms with E-state index in [1.54, 1.807) is 11.3 Å². The van der Waals surface area contributed by atoms with Crippen molar-refractivity contribution >= 4 is 27.3 Å². The predicted molar refractivity (Wildman–Crippen MR) is 87.1 cm³/mol. The van der Waals surface area contributed by atoms with E-state index in [-0.39, 0.29) is 11.4 Å². The average molecular weight is 313 g/mol. The second-order valence-corrected chi connectivity index (χ2v) is 7.85. The summed E-state index contributed by atoms with van der Waals surface area (Å²) >= 11 is 1.66. The van der Waals surface area contributed by atoms with Crippen LogP contribution in [0.25, 0.3) is 10.1 Å². The Morgan fingerprint density at radius 3 is 2.95 bits per heavy atom. The fourth-order valence-corrected chi connectivity index (χ4v) is 5.31. The van der Waals surface area contributed by atoms with E-state index in [1.165, 1.54) is 38.8 Å². The van der Waals surface area contributed by atoms with Crippen LogP contribution in [0.2, 0.25) is 0 Å². The van der Waals surface area contributed by atoms with E-state index in [9.17, 15) is 4.79 Å². The Kier molecular flexibility index (Phi) is 2.68. The Bertz CT molecular complexity index is 743. The Labute approximate surface area is 133 Å². The molecule has 1 amide bonds. The summed E-state index contributed by atoms with van der Waals surface area (Å²) in [6.45, 7) is 2.44. The van der Waals surface area contributed by atoms with Crippen LogP contribution in [0.4, 0.5) is 0 Å². The normalized spacial score (nSPS) is 31.5. The fraction of sp³-hybridized carbons (Fsp3) is 0.529. The molecule has 6 rings (SSSR count). The van der Waals surface area contributed by atoms with Crippen LogP contribution in [-0.2, 0) is 0 Å². The SMILES string of the molecule is O=C(NC1C2CCN(CC2)C12CC2)c1cc2sccc2cn1. The maximum absolute atomic E-state index is 12.7. The summed E-state index contributed by atoms with van der Waals surface area (Å²) in [5, 5.41) is 6.49. The Balaban J connectivity index is 1.42. The summed E-state index contributed by atoms with van der Waals surface area (Å²) in [6.07, 6.45) is 6.75. The molecule has 2 bridgehead atoms. The monoisotopic (exact) mass is 313 g/mol. The molecule has 1 aliphatic carbocycles. The number of pyridine rings is 1. The van der Waals surface area contributed by atoms with Crippen LogP contribution in [0.5, 0.6) is 0 Å². The van der Waals surface area contributed by atoms with Gasteiger partial charge in [0.25, 0.3) is 5.91 Å². The van der Waals surface area contributed by atoms with Gasteiger partial charge >= 0.3 is 0 Å². The summed E-state index contributed by atoms with van der Waals surface area (Å²) in [7, 11) is 0. The third-order valence-corrected chi connectivity index (χ3v) is 6.72. The van der Waals surface area contributed by atoms with Crippen molar-refractivity contribution in [1.29, 1.82) is 0 Å². The molecule has 0 aromatic carbocycles. The summed E-state index contributed by atoms with van der Waals surface area (Å²) in [5.74, 6) is 0.655. The lowest BCUT2D eigenvalue weighted by Gasteiger charge is -2.52. The van der Waals surface area contributed by atoms with Gasteiger partial charge in [-0.3, -0.25) is 14.7 Å². The standard InChI is InChI=1S/C17H19N3OS/c21-16(13-9-14-12(10-18-13)3-8-22-14)19-15-11-1-6-20(7-2-11)17(15)4-5-17/h3,8-11,15H,1-2,4-7H2,(H,19,21). The third kappa shape index (κ3) is 1.78. The number of fused-ring (bicyclic) bond motifs is 3. The van der Waals surface area contributed by atoms with Gasteiger partial charge in [0.15, 0.2) is 0 Å². The summed E-state index contributed by atoms with van der Waals surface area (Å²) < 4.78 is 1.13. The maximum atomic E-state index is 12.7. The van der Waals surface area contributed by atoms with Crippen LogP contribution < -0.4 is 5.32 Å². The Morgan fingerprint density at radius 1 is 1.36 bits per heavy atom. The number of thiophene rings is 1. The van der Waals surface area contributed by atoms with Crippen molar-refractivity contribution in [1.82, 2.24) is 15.2 Å². The summed E-state index contributed by atoms with van der Waals surface area (Å²) in [5.41, 5.74) is 0.839. The highest BCUT2D eigenvalue weighted by molar-refractivity contribution is 7.17. The van der Waals surface area contributed by atoms with Gasteiger partial charge in [0.1, 0.15) is 5.69 Å². The van der Waals surface area contributed by atoms with Gasteiger partial charge < -0.3 is 5.32 Å². The topological polar surface area (TPSA) is 45.2 Å². The zero-order valence-electron chi connectivity index (χ0n) is 12.4. The molecule has 0 radical (unpaired) electrons. The van der Waals surface area contributed by atoms with Crippen molar-refractivity contribution in [3.05, 3.63) is 29.4 Å². The molecule has 1 unspecified atom stereocenters. The van der Waals surface area contributed by atoms with Crippen LogP contribution in [0, 0.1) is 5.92 Å². The van der Waals surface area contributed by atoms with Gasteiger partial charge in [-0.15, -0.1) is 11.3 Å². The number of hydrogen-bond donors (Lipinski definition) is 1. The van der Waals surface area contributed by atoms with Gasteiger partial charge in [0.05, 0.1) is 6.04 Å². The molecule has 3 aliphatic heterocycles. The molecule has 1 saturated carbocycles. The number of nitrogens with zero attached hydrogens (tertiary/aromatic N) is 2. The molecule has 2 aromatic rings. The highest BCUT2D eigenvalue weighted by atomic mass is 32.1. The smallest absolute Gasteiger partial charge is 0.270 e. The number of carbonyl (C=O) groups is 1. The van der Waals surface area contributed by atoms with Crippen LogP contribution in [0.1, 0.15) is 36.2 Å². The molecule has 3 saturated heterocycles. The molecule has 1 atom stereocenters. The van der Waals surface area contributed by atoms with Gasteiger partial charge in [-0.2, -0.15) is 0 Å². The molecule has 2 aromatic heterocycles. The zero-order valence-corrected chi connectivity index (χ0v) is 13.2. The molecule has 5 heterocycles. The molecule has 4 aliphatic rings. The van der Waals surface area contributed by atoms with Crippen molar-refractivity contribution < 1.29 is 4.79 Å². The lowest BCUT2D eigenvalue weighted by Crippen LogP contribution is -2.65. The molecular weight excluding hydrogens is 294 g/mol. The second kappa shape index (κ2) is 4.52. The number of amides is 1. The molecule has 22 heavy (non-hydrogen) atoms. The zero-order chi connectivity index (χ0) is 14.7. The van der Waals surface area contributed by atoms with E-state index in [2.05, 4.69) is 15.2 Å². The van der Waals surface area contributed by atoms with Gasteiger partial charge in [-0.05, 0) is 62.2 Å². The lowest BCUT2D eigenvalue weighted by molar-refractivity contribution is -0.00152. The molecule has 5 heteroatoms. The molecular formula is C17H19N3OS. The van der Waals surface area contributed by atoms with E-state index >= 15 is 0 Å². The Hall–Kier alpha value is -1.46. The van der Waals surface area contributed by atoms with Crippen molar-refractivity contribution in [2.75, 3.05) is 13.1 Å². The average Bonchev–Trinajstić information content (AvgIpc) is 3.18. The predicted octanol–water partition coefficient (Wildman–Crippen LogP) is 2.65. The van der Waals surface area contributed by atoms with Crippen molar-refractivity contribution in [3.63, 3.8) is 0 Å². The minimum atomic E-state index is 0.000301. The molecule has 4 nitrogen and oxygen atoms in total. The molecule has 4 fully saturated rings. The number of nitrogens with one attached hydrogen (secondary N) is 1. The number of hydrogen-bond acceptors (Lipinski definition) is 4. The van der Waals surface area contributed by atoms with Crippen molar-refractivity contribution in [3.8, 4) is 0 Å². The largest absolute Gasteiger partial charge is 0.346 e. The minimum Gasteiger partial charge on any atom is -0.346 e. The van der Waals surface area contributed by atoms with Gasteiger partial charge in [-0.25, -0.2) is 0 Å². The van der Waals surface area contributed by atoms with Crippen LogP contribution in [0.15, 0.2) is 23.7 Å². The first-order valence-electron chi connectivity index (χ1n) is 8.15. The number of rotatable bonds is 2. The van der Waals surface area contributed by atoms with E-state index in [1.807, 2.05) is 23.7 Å². The molecule has 1 N–H and O–H groups in total. The van der Waals surface area contributed by atoms with E-state index in [0.717, 1.165) is 10.1 Å². The van der Waals surface area contributed by atoms with E-state index in [4.69, 9.17) is 0 Å². The first-order valence-corrected chi connectivity index (χ1v) is 9.03. The lowest BCUT2D eigenvalue weighted by atomic mass is 9.77. The maximum Gasteiger partial charge on any atom is 0.270 e. The number of piperidine rings is 3. The van der Waals surface area contributed by atoms with Crippen LogP contribution in [0.3, 0.4) is 0 Å². The van der Waals surface area contributed by atoms with E-state index in [0.29, 0.717) is 17.7 Å². The van der Waals surface area contributed by atoms with Crippen LogP contribution in [-0.4, -0.2) is 40.5 Å². The molecule has 1 spiro atoms. The summed E-state index contributed by atoms with van der Waals surface area (Å²) in [6, 6.07) is 4.29. The van der Waals surface area contributed by atoms with Crippen molar-refractivity contribution in [2.45, 2.75) is 37.3 Å². The summed E-state index contributed by atoms with van der Waals surface area (Å²) in [4.78, 5) is 19.7. The minimum absolute atomic E-state index is 0.000301. The van der Waals surface area contributed by atoms with Gasteiger partial charge in [-0.1, -0.05) is 0 Å². The Morgan fingerprint density at radius 2 is 2.18 bits per heavy atom. The highest BCUT2D eigenvalue weighted by Crippen LogP contribution is 2.53. The molecule has 114 valence electrons. The highest BCUT2D eigenvalue weighted by Gasteiger charge is 2.60. The van der Waals surface area contributed by atoms with Gasteiger partial charge in [0.2, 0.25) is 0 Å². The third-order valence-electron chi connectivity index (χ3n) is 5.84. The number of carbonyl (C=O) groups excluding carboxylic acids is 1. The first kappa shape index (κ1) is 13.0. The van der Waals surface area contributed by atoms with Crippen molar-refractivity contribution in [2.24, 2.45) is 5.92 Å². The fourth-order valence-electron chi connectivity index (χ4n) is 4.52. The second-order valence-electron chi connectivity index (χ2n) is 6.91. The number of aromatic nitrogens is 1. The van der Waals surface area contributed by atoms with Gasteiger partial charge in [0, 0.05) is 21.8 Å². The first-order chi connectivity index (χ1) is 10.8. The quantitative estimate of drug-likeness (QED) is 0.927. The van der Waals surface area contributed by atoms with Crippen LogP contribution >= 0.6 is 11.3 Å². The van der Waals surface area contributed by atoms with E-state index < -0.39 is 0 Å².